The minimum atomic E-state index is -0.386. The summed E-state index contributed by atoms with van der Waals surface area (Å²) in [5.41, 5.74) is 1.23. The van der Waals surface area contributed by atoms with Gasteiger partial charge in [0.25, 0.3) is 0 Å². The molecule has 100 valence electrons. The Bertz CT molecular complexity index is 260. The maximum atomic E-state index is 6.11. The normalized spacial score (nSPS) is 29.4. The van der Waals surface area contributed by atoms with E-state index in [0.717, 1.165) is 20.8 Å². The Hall–Kier alpha value is 1.38. The zero-order valence-corrected chi connectivity index (χ0v) is 15.1. The molecule has 1 aliphatic rings. The zero-order chi connectivity index (χ0) is 13.0. The molecule has 0 aromatic heterocycles. The van der Waals surface area contributed by atoms with Crippen molar-refractivity contribution in [3.05, 3.63) is 12.2 Å². The van der Waals surface area contributed by atoms with Gasteiger partial charge in [-0.25, -0.2) is 0 Å². The van der Waals surface area contributed by atoms with Crippen LogP contribution in [0.1, 0.15) is 33.6 Å². The van der Waals surface area contributed by atoms with Gasteiger partial charge in [0.15, 0.2) is 0 Å². The van der Waals surface area contributed by atoms with E-state index < -0.39 is 0 Å². The fraction of sp³-hybridized carbons (Fsp3) is 0.818. The molecule has 0 N–H and O–H groups in total. The molecule has 0 spiro atoms. The molecule has 1 fully saturated rings. The second-order valence-corrected chi connectivity index (χ2v) is 13.2. The Labute approximate surface area is 113 Å². The molecular weight excluding hydrogens is 288 g/mol. The van der Waals surface area contributed by atoms with Crippen LogP contribution >= 0.6 is 33.3 Å². The largest absolute Gasteiger partial charge is 0.367 e. The first-order valence-corrected chi connectivity index (χ1v) is 12.5. The van der Waals surface area contributed by atoms with Crippen LogP contribution in [0, 0.1) is 5.92 Å². The van der Waals surface area contributed by atoms with Gasteiger partial charge in [-0.15, -0.1) is 8.93 Å². The average molecular weight is 312 g/mol. The second kappa shape index (κ2) is 7.85. The molecule has 0 radical (unpaired) electrons. The maximum absolute atomic E-state index is 6.11. The van der Waals surface area contributed by atoms with Crippen LogP contribution in [0.3, 0.4) is 0 Å². The van der Waals surface area contributed by atoms with Gasteiger partial charge in [-0.05, 0) is 32.3 Å². The summed E-state index contributed by atoms with van der Waals surface area (Å²) >= 11 is 0. The number of hydrogen-bond acceptors (Lipinski definition) is 2. The third-order valence-corrected chi connectivity index (χ3v) is 11.5. The lowest BCUT2D eigenvalue weighted by Gasteiger charge is -2.26. The number of ether oxygens (including phenoxy) is 1. The first-order chi connectivity index (χ1) is 7.99. The third kappa shape index (κ3) is 4.76. The fourth-order valence-electron chi connectivity index (χ4n) is 2.14. The van der Waals surface area contributed by atoms with Crippen molar-refractivity contribution in [3.8, 4) is 0 Å². The molecule has 1 heterocycles. The van der Waals surface area contributed by atoms with Crippen molar-refractivity contribution < 1.29 is 9.26 Å². The molecule has 2 nitrogen and oxygen atoms in total. The zero-order valence-electron chi connectivity index (χ0n) is 10.8. The van der Waals surface area contributed by atoms with Crippen LogP contribution in [0.5, 0.6) is 0 Å². The Kier molecular flexibility index (Phi) is 7.58. The highest BCUT2D eigenvalue weighted by atomic mass is 32.6. The van der Waals surface area contributed by atoms with E-state index in [2.05, 4.69) is 45.2 Å². The topological polar surface area (TPSA) is 18.5 Å². The first kappa shape index (κ1) is 16.4. The fourth-order valence-corrected chi connectivity index (χ4v) is 4.38. The van der Waals surface area contributed by atoms with Crippen molar-refractivity contribution in [3.63, 3.8) is 0 Å². The molecule has 0 aromatic carbocycles. The molecule has 17 heavy (non-hydrogen) atoms. The van der Waals surface area contributed by atoms with E-state index in [1.807, 2.05) is 0 Å². The van der Waals surface area contributed by atoms with E-state index in [-0.39, 0.29) is 25.8 Å². The number of rotatable bonds is 6. The van der Waals surface area contributed by atoms with Crippen molar-refractivity contribution in [2.75, 3.05) is 0 Å². The smallest absolute Gasteiger partial charge is 0.0889 e. The highest BCUT2D eigenvalue weighted by Gasteiger charge is 2.36. The summed E-state index contributed by atoms with van der Waals surface area (Å²) in [5.74, 6) is 0.506. The highest BCUT2D eigenvalue weighted by molar-refractivity contribution is 8.59. The van der Waals surface area contributed by atoms with Crippen molar-refractivity contribution in [2.45, 2.75) is 51.9 Å². The van der Waals surface area contributed by atoms with Crippen LogP contribution in [0.4, 0.5) is 0 Å². The average Bonchev–Trinajstić information content (AvgIpc) is 2.67. The van der Waals surface area contributed by atoms with Crippen molar-refractivity contribution >= 4 is 33.3 Å². The van der Waals surface area contributed by atoms with E-state index >= 15 is 0 Å². The summed E-state index contributed by atoms with van der Waals surface area (Å²) in [5, 5.41) is 0. The minimum absolute atomic E-state index is 0.201. The third-order valence-electron chi connectivity index (χ3n) is 2.99. The van der Waals surface area contributed by atoms with E-state index in [1.165, 1.54) is 5.57 Å². The van der Waals surface area contributed by atoms with Crippen molar-refractivity contribution in [2.24, 2.45) is 5.92 Å². The lowest BCUT2D eigenvalue weighted by molar-refractivity contribution is -0.0300. The molecule has 0 amide bonds. The van der Waals surface area contributed by atoms with Gasteiger partial charge in [-0.3, -0.25) is 0 Å². The molecule has 1 rings (SSSR count). The molecule has 0 aliphatic carbocycles. The molecule has 0 aromatic rings. The van der Waals surface area contributed by atoms with Gasteiger partial charge >= 0.3 is 0 Å². The SMILES string of the molecule is C=C1C[C@H](C(CC)OP(P)PP)O[C@H]1C(C)C. The van der Waals surface area contributed by atoms with Gasteiger partial charge in [0.05, 0.1) is 25.8 Å². The van der Waals surface area contributed by atoms with Crippen LogP contribution in [0.25, 0.3) is 0 Å². The molecule has 1 saturated heterocycles. The van der Waals surface area contributed by atoms with Crippen molar-refractivity contribution in [1.29, 1.82) is 0 Å². The second-order valence-electron chi connectivity index (χ2n) is 4.71. The summed E-state index contributed by atoms with van der Waals surface area (Å²) in [6.45, 7) is 10.7. The Morgan fingerprint density at radius 3 is 2.71 bits per heavy atom. The summed E-state index contributed by atoms with van der Waals surface area (Å²) < 4.78 is 12.2. The van der Waals surface area contributed by atoms with Gasteiger partial charge in [0.2, 0.25) is 0 Å². The van der Waals surface area contributed by atoms with Gasteiger partial charge in [0, 0.05) is 0 Å². The lowest BCUT2D eigenvalue weighted by Crippen LogP contribution is -2.28. The molecule has 0 bridgehead atoms. The van der Waals surface area contributed by atoms with E-state index in [0.29, 0.717) is 5.92 Å². The molecule has 5 unspecified atom stereocenters. The predicted octanol–water partition coefficient (Wildman–Crippen LogP) is 4.72. The molecular formula is C11H24O2P4. The molecule has 7 atom stereocenters. The Morgan fingerprint density at radius 2 is 2.29 bits per heavy atom. The van der Waals surface area contributed by atoms with Gasteiger partial charge in [-0.2, -0.15) is 0 Å². The quantitative estimate of drug-likeness (QED) is 0.522. The van der Waals surface area contributed by atoms with Crippen LogP contribution < -0.4 is 0 Å². The maximum Gasteiger partial charge on any atom is 0.0889 e. The van der Waals surface area contributed by atoms with E-state index in [1.54, 1.807) is 0 Å². The van der Waals surface area contributed by atoms with E-state index in [4.69, 9.17) is 9.26 Å². The Morgan fingerprint density at radius 1 is 1.65 bits per heavy atom. The minimum Gasteiger partial charge on any atom is -0.367 e. The predicted molar refractivity (Wildman–Crippen MR) is 87.1 cm³/mol. The molecule has 1 aliphatic heterocycles. The van der Waals surface area contributed by atoms with Crippen LogP contribution in [0.2, 0.25) is 0 Å². The molecule has 0 saturated carbocycles. The standard InChI is InChI=1S/C11H24O2P4/c1-5-9(13-17(15)16-14)10-6-8(4)11(12-10)7(2)3/h7,9-11,16H,4-6,14-15H2,1-3H3/t9?,10-,11+,17?/m1/s1. The summed E-state index contributed by atoms with van der Waals surface area (Å²) in [7, 11) is 5.96. The summed E-state index contributed by atoms with van der Waals surface area (Å²) in [4.78, 5) is 0. The summed E-state index contributed by atoms with van der Waals surface area (Å²) in [6, 6.07) is 0. The van der Waals surface area contributed by atoms with Gasteiger partial charge in [-0.1, -0.05) is 36.3 Å². The molecule has 6 heteroatoms. The van der Waals surface area contributed by atoms with Gasteiger partial charge < -0.3 is 9.26 Å². The lowest BCUT2D eigenvalue weighted by atomic mass is 9.98. The van der Waals surface area contributed by atoms with Crippen LogP contribution in [0.15, 0.2) is 12.2 Å². The van der Waals surface area contributed by atoms with Gasteiger partial charge in [0.1, 0.15) is 0 Å². The first-order valence-electron chi connectivity index (χ1n) is 6.00. The van der Waals surface area contributed by atoms with Crippen LogP contribution in [-0.4, -0.2) is 18.3 Å². The van der Waals surface area contributed by atoms with Crippen LogP contribution in [-0.2, 0) is 9.26 Å². The Balaban J connectivity index is 2.57. The van der Waals surface area contributed by atoms with E-state index in [9.17, 15) is 0 Å². The summed E-state index contributed by atoms with van der Waals surface area (Å²) in [6.07, 6.45) is 2.59. The van der Waals surface area contributed by atoms with Crippen molar-refractivity contribution in [1.82, 2.24) is 0 Å². The highest BCUT2D eigenvalue weighted by Crippen LogP contribution is 2.67. The number of hydrogen-bond donors (Lipinski definition) is 0. The monoisotopic (exact) mass is 312 g/mol.